The lowest BCUT2D eigenvalue weighted by Gasteiger charge is -2.42. The molecular weight excluding hydrogens is 415 g/mol. The number of fused-ring (bicyclic) bond motifs is 1. The van der Waals surface area contributed by atoms with Crippen LogP contribution in [0, 0.1) is 5.82 Å². The molecule has 3 aromatic carbocycles. The van der Waals surface area contributed by atoms with Crippen LogP contribution in [0.3, 0.4) is 0 Å². The summed E-state index contributed by atoms with van der Waals surface area (Å²) in [6, 6.07) is 18.3. The fraction of sp³-hybridized carbons (Fsp3) is 0.250. The average molecular weight is 445 g/mol. The van der Waals surface area contributed by atoms with Crippen LogP contribution in [0.1, 0.15) is 38.8 Å². The maximum Gasteiger partial charge on any atom is 0.134 e. The monoisotopic (exact) mass is 444 g/mol. The number of rotatable bonds is 6. The number of benzene rings is 3. The van der Waals surface area contributed by atoms with Gasteiger partial charge >= 0.3 is 0 Å². The van der Waals surface area contributed by atoms with E-state index >= 15 is 0 Å². The van der Waals surface area contributed by atoms with Crippen LogP contribution < -0.4 is 14.4 Å². The van der Waals surface area contributed by atoms with Crippen molar-refractivity contribution in [2.75, 3.05) is 18.6 Å². The second kappa shape index (κ2) is 9.10. The van der Waals surface area contributed by atoms with E-state index in [0.29, 0.717) is 22.7 Å². The highest BCUT2D eigenvalue weighted by Gasteiger charge is 2.30. The Kier molecular flexibility index (Phi) is 6.23. The zero-order chi connectivity index (χ0) is 23.6. The minimum atomic E-state index is -0.278. The van der Waals surface area contributed by atoms with Crippen LogP contribution in [0.4, 0.5) is 15.8 Å². The normalized spacial score (nSPS) is 14.7. The van der Waals surface area contributed by atoms with Gasteiger partial charge in [0.05, 0.1) is 18.3 Å². The molecule has 0 spiro atoms. The molecular formula is C28H29FN2O2. The van der Waals surface area contributed by atoms with E-state index in [4.69, 9.17) is 9.47 Å². The fourth-order valence-electron chi connectivity index (χ4n) is 4.34. The predicted octanol–water partition coefficient (Wildman–Crippen LogP) is 7.40. The average Bonchev–Trinajstić information content (AvgIpc) is 2.79. The Labute approximate surface area is 195 Å². The summed E-state index contributed by atoms with van der Waals surface area (Å²) in [7, 11) is 1.62. The molecule has 1 aliphatic rings. The van der Waals surface area contributed by atoms with Gasteiger partial charge in [0.2, 0.25) is 0 Å². The first-order valence-corrected chi connectivity index (χ1v) is 11.1. The van der Waals surface area contributed by atoms with Crippen LogP contribution in [0.5, 0.6) is 17.2 Å². The lowest BCUT2D eigenvalue weighted by atomic mass is 9.88. The van der Waals surface area contributed by atoms with Crippen molar-refractivity contribution in [3.8, 4) is 17.2 Å². The van der Waals surface area contributed by atoms with E-state index < -0.39 is 0 Å². The Balaban J connectivity index is 1.54. The molecule has 5 heteroatoms. The van der Waals surface area contributed by atoms with Gasteiger partial charge in [-0.05, 0) is 81.8 Å². The zero-order valence-corrected chi connectivity index (χ0v) is 19.7. The number of likely N-dealkylation sites (N-methyl/N-ethyl adjacent to an activating group) is 1. The Morgan fingerprint density at radius 1 is 1.00 bits per heavy atom. The summed E-state index contributed by atoms with van der Waals surface area (Å²) >= 11 is 0. The number of allylic oxidation sites excluding steroid dienone is 1. The van der Waals surface area contributed by atoms with Gasteiger partial charge in [-0.3, -0.25) is 4.99 Å². The van der Waals surface area contributed by atoms with Gasteiger partial charge in [-0.1, -0.05) is 12.1 Å². The molecule has 0 bridgehead atoms. The molecule has 170 valence electrons. The molecule has 33 heavy (non-hydrogen) atoms. The van der Waals surface area contributed by atoms with Crippen molar-refractivity contribution in [1.82, 2.24) is 0 Å². The molecule has 1 aliphatic heterocycles. The summed E-state index contributed by atoms with van der Waals surface area (Å²) < 4.78 is 26.1. The molecule has 4 rings (SSSR count). The van der Waals surface area contributed by atoms with Crippen LogP contribution in [-0.4, -0.2) is 25.4 Å². The van der Waals surface area contributed by atoms with Crippen LogP contribution in [0.2, 0.25) is 0 Å². The van der Waals surface area contributed by atoms with Gasteiger partial charge in [0.25, 0.3) is 0 Å². The number of ether oxygens (including phenoxy) is 2. The third kappa shape index (κ3) is 4.77. The van der Waals surface area contributed by atoms with Gasteiger partial charge in [-0.15, -0.1) is 0 Å². The van der Waals surface area contributed by atoms with E-state index in [1.54, 1.807) is 19.4 Å². The summed E-state index contributed by atoms with van der Waals surface area (Å²) in [6.45, 7) is 9.28. The molecule has 0 saturated carbocycles. The van der Waals surface area contributed by atoms with Gasteiger partial charge in [0.1, 0.15) is 23.1 Å². The number of halogens is 1. The maximum absolute atomic E-state index is 15.0. The standard InChI is InChI=1S/C28H29FN2O2/c1-6-31-27-16-26(29)20(14-25(27)19(2)17-28(31,3)4)18-30-21-10-12-22(13-11-21)33-24-9-7-8-23(15-24)32-5/h7-18H,6H2,1-5H3. The molecule has 0 saturated heterocycles. The Morgan fingerprint density at radius 2 is 1.73 bits per heavy atom. The first-order valence-electron chi connectivity index (χ1n) is 11.1. The number of nitrogens with zero attached hydrogens (tertiary/aromatic N) is 2. The largest absolute Gasteiger partial charge is 0.497 e. The van der Waals surface area contributed by atoms with Crippen molar-refractivity contribution >= 4 is 23.2 Å². The molecule has 0 amide bonds. The SMILES string of the molecule is CCN1c2cc(F)c(C=Nc3ccc(Oc4cccc(OC)c4)cc3)cc2C(C)=CC1(C)C. The van der Waals surface area contributed by atoms with E-state index in [9.17, 15) is 4.39 Å². The van der Waals surface area contributed by atoms with E-state index in [1.165, 1.54) is 0 Å². The molecule has 0 aliphatic carbocycles. The van der Waals surface area contributed by atoms with Crippen molar-refractivity contribution in [3.63, 3.8) is 0 Å². The first-order chi connectivity index (χ1) is 15.8. The Bertz CT molecular complexity index is 1210. The van der Waals surface area contributed by atoms with Gasteiger partial charge in [0.15, 0.2) is 0 Å². The second-order valence-electron chi connectivity index (χ2n) is 8.65. The van der Waals surface area contributed by atoms with E-state index in [2.05, 4.69) is 43.7 Å². The van der Waals surface area contributed by atoms with E-state index in [-0.39, 0.29) is 11.4 Å². The maximum atomic E-state index is 15.0. The molecule has 4 nitrogen and oxygen atoms in total. The molecule has 0 unspecified atom stereocenters. The van der Waals surface area contributed by atoms with E-state index in [1.807, 2.05) is 54.6 Å². The highest BCUT2D eigenvalue weighted by molar-refractivity contribution is 5.89. The van der Waals surface area contributed by atoms with Gasteiger partial charge < -0.3 is 14.4 Å². The smallest absolute Gasteiger partial charge is 0.134 e. The van der Waals surface area contributed by atoms with E-state index in [0.717, 1.165) is 29.1 Å². The van der Waals surface area contributed by atoms with Crippen LogP contribution in [0.15, 0.2) is 71.7 Å². The highest BCUT2D eigenvalue weighted by Crippen LogP contribution is 2.39. The summed E-state index contributed by atoms with van der Waals surface area (Å²) in [4.78, 5) is 6.70. The van der Waals surface area contributed by atoms with Crippen molar-refractivity contribution < 1.29 is 13.9 Å². The molecule has 1 heterocycles. The van der Waals surface area contributed by atoms with Gasteiger partial charge in [0, 0.05) is 35.6 Å². The zero-order valence-electron chi connectivity index (χ0n) is 19.7. The summed E-state index contributed by atoms with van der Waals surface area (Å²) in [5, 5.41) is 0. The van der Waals surface area contributed by atoms with Gasteiger partial charge in [-0.2, -0.15) is 0 Å². The Morgan fingerprint density at radius 3 is 2.42 bits per heavy atom. The topological polar surface area (TPSA) is 34.1 Å². The van der Waals surface area contributed by atoms with Crippen molar-refractivity contribution in [2.45, 2.75) is 33.2 Å². The number of methoxy groups -OCH3 is 1. The van der Waals surface area contributed by atoms with Crippen molar-refractivity contribution in [3.05, 3.63) is 83.7 Å². The van der Waals surface area contributed by atoms with Crippen LogP contribution in [0.25, 0.3) is 5.57 Å². The van der Waals surface area contributed by atoms with Crippen LogP contribution in [-0.2, 0) is 0 Å². The van der Waals surface area contributed by atoms with Crippen molar-refractivity contribution in [2.24, 2.45) is 4.99 Å². The molecule has 0 N–H and O–H groups in total. The lowest BCUT2D eigenvalue weighted by Crippen LogP contribution is -2.45. The second-order valence-corrected chi connectivity index (χ2v) is 8.65. The number of hydrogen-bond acceptors (Lipinski definition) is 4. The number of hydrogen-bond donors (Lipinski definition) is 0. The summed E-state index contributed by atoms with van der Waals surface area (Å²) in [5.41, 5.74) is 4.15. The molecule has 3 aromatic rings. The third-order valence-electron chi connectivity index (χ3n) is 5.88. The summed E-state index contributed by atoms with van der Waals surface area (Å²) in [6.07, 6.45) is 3.82. The van der Waals surface area contributed by atoms with Crippen molar-refractivity contribution in [1.29, 1.82) is 0 Å². The predicted molar refractivity (Wildman–Crippen MR) is 134 cm³/mol. The number of anilines is 1. The molecule has 0 radical (unpaired) electrons. The quantitative estimate of drug-likeness (QED) is 0.372. The lowest BCUT2D eigenvalue weighted by molar-refractivity contribution is 0.409. The Hall–Kier alpha value is -3.60. The number of aliphatic imine (C=N–C) groups is 1. The fourth-order valence-corrected chi connectivity index (χ4v) is 4.34. The molecule has 0 fully saturated rings. The molecule has 0 aromatic heterocycles. The minimum absolute atomic E-state index is 0.150. The minimum Gasteiger partial charge on any atom is -0.497 e. The molecule has 0 atom stereocenters. The third-order valence-corrected chi connectivity index (χ3v) is 5.88. The van der Waals surface area contributed by atoms with Crippen LogP contribution >= 0.6 is 0 Å². The first kappa shape index (κ1) is 22.6. The highest BCUT2D eigenvalue weighted by atomic mass is 19.1. The summed E-state index contributed by atoms with van der Waals surface area (Å²) in [5.74, 6) is 1.83. The van der Waals surface area contributed by atoms with Gasteiger partial charge in [-0.25, -0.2) is 4.39 Å².